The van der Waals surface area contributed by atoms with Crippen LogP contribution in [0, 0.1) is 0 Å². The number of hydrogen-bond acceptors (Lipinski definition) is 3. The van der Waals surface area contributed by atoms with E-state index in [0.29, 0.717) is 0 Å². The van der Waals surface area contributed by atoms with Crippen LogP contribution in [0.5, 0.6) is 0 Å². The van der Waals surface area contributed by atoms with E-state index in [-0.39, 0.29) is 5.41 Å². The minimum atomic E-state index is -0.965. The first-order chi connectivity index (χ1) is 26.4. The number of hydrogen-bond donors (Lipinski definition) is 1. The highest BCUT2D eigenvalue weighted by Gasteiger charge is 2.36. The van der Waals surface area contributed by atoms with Crippen LogP contribution in [-0.2, 0) is 10.1 Å². The summed E-state index contributed by atoms with van der Waals surface area (Å²) in [5, 5.41) is 10.4. The third kappa shape index (κ3) is 7.05. The van der Waals surface area contributed by atoms with E-state index in [1.165, 1.54) is 38.9 Å². The maximum Gasteiger partial charge on any atom is 0.330 e. The van der Waals surface area contributed by atoms with Crippen molar-refractivity contribution in [2.45, 2.75) is 58.2 Å². The van der Waals surface area contributed by atoms with Crippen LogP contribution < -0.4 is 10.4 Å². The summed E-state index contributed by atoms with van der Waals surface area (Å²) in [5.74, 6) is 0. The second-order valence-corrected chi connectivity index (χ2v) is 16.2. The Balaban J connectivity index is 1.07. The summed E-state index contributed by atoms with van der Waals surface area (Å²) >= 11 is 0. The summed E-state index contributed by atoms with van der Waals surface area (Å²) in [5.41, 5.74) is 14.9. The molecule has 0 heterocycles. The maximum absolute atomic E-state index is 10.4. The van der Waals surface area contributed by atoms with Gasteiger partial charge in [0, 0.05) is 22.5 Å². The third-order valence-corrected chi connectivity index (χ3v) is 11.6. The zero-order chi connectivity index (χ0) is 38.4. The molecule has 1 N–H and O–H groups in total. The van der Waals surface area contributed by atoms with Gasteiger partial charge in [0.05, 0.1) is 11.2 Å². The predicted octanol–water partition coefficient (Wildman–Crippen LogP) is 12.3. The maximum atomic E-state index is 10.4. The number of aliphatic hydroxyl groups is 1. The van der Waals surface area contributed by atoms with Gasteiger partial charge in [0.2, 0.25) is 0 Å². The molecule has 7 aromatic rings. The highest BCUT2D eigenvalue weighted by molar-refractivity contribution is 6.47. The Labute approximate surface area is 327 Å². The molecule has 0 aliphatic heterocycles. The number of fused-ring (bicyclic) bond motifs is 3. The Hall–Kier alpha value is -5.68. The zero-order valence-electron chi connectivity index (χ0n) is 32.5. The monoisotopic (exact) mass is 716 g/mol. The average molecular weight is 717 g/mol. The normalized spacial score (nSPS) is 13.2. The van der Waals surface area contributed by atoms with E-state index in [2.05, 4.69) is 176 Å². The van der Waals surface area contributed by atoms with E-state index >= 15 is 0 Å². The highest BCUT2D eigenvalue weighted by atomic mass is 16.5. The zero-order valence-corrected chi connectivity index (χ0v) is 32.5. The van der Waals surface area contributed by atoms with Gasteiger partial charge in [0.25, 0.3) is 0 Å². The number of rotatable bonds is 10. The van der Waals surface area contributed by atoms with Gasteiger partial charge in [-0.2, -0.15) is 0 Å². The number of anilines is 3. The smallest absolute Gasteiger partial charge is 0.330 e. The minimum absolute atomic E-state index is 0.0926. The van der Waals surface area contributed by atoms with Gasteiger partial charge in [-0.25, -0.2) is 0 Å². The molecule has 0 saturated carbocycles. The fraction of sp³-hybridized carbons (Fsp3) is 0.176. The molecule has 55 heavy (non-hydrogen) atoms. The third-order valence-electron chi connectivity index (χ3n) is 11.6. The van der Waals surface area contributed by atoms with E-state index in [1.54, 1.807) is 21.3 Å². The van der Waals surface area contributed by atoms with Crippen LogP contribution in [0.15, 0.2) is 170 Å². The van der Waals surface area contributed by atoms with Gasteiger partial charge in [-0.3, -0.25) is 0 Å². The van der Waals surface area contributed by atoms with Gasteiger partial charge < -0.3 is 14.7 Å². The SMILES string of the molecule is CC1(C)c2ccccc2-c2ccc(N(c3ccc(-c4ccccc4)cc3)c3ccc(-c4ccc(-c5ccc([B]OC(C)(C)C(C)(C)O)cc5)cc4)cc3)cc21. The molecule has 7 aromatic carbocycles. The molecule has 0 saturated heterocycles. The van der Waals surface area contributed by atoms with Crippen LogP contribution >= 0.6 is 0 Å². The Bertz CT molecular complexity index is 2430. The Morgan fingerprint density at radius 2 is 0.891 bits per heavy atom. The van der Waals surface area contributed by atoms with E-state index in [1.807, 2.05) is 26.0 Å². The van der Waals surface area contributed by atoms with Crippen molar-refractivity contribution in [3.63, 3.8) is 0 Å². The molecule has 0 unspecified atom stereocenters. The van der Waals surface area contributed by atoms with E-state index in [0.717, 1.165) is 39.2 Å². The van der Waals surface area contributed by atoms with Crippen LogP contribution in [0.2, 0.25) is 0 Å². The molecule has 4 heteroatoms. The van der Waals surface area contributed by atoms with Gasteiger partial charge in [0.15, 0.2) is 0 Å². The number of nitrogens with zero attached hydrogens (tertiary/aromatic N) is 1. The fourth-order valence-electron chi connectivity index (χ4n) is 7.48. The molecule has 0 aromatic heterocycles. The Morgan fingerprint density at radius 1 is 0.473 bits per heavy atom. The van der Waals surface area contributed by atoms with Crippen molar-refractivity contribution in [1.82, 2.24) is 0 Å². The van der Waals surface area contributed by atoms with Gasteiger partial charge >= 0.3 is 7.48 Å². The average Bonchev–Trinajstić information content (AvgIpc) is 3.43. The lowest BCUT2D eigenvalue weighted by Crippen LogP contribution is -2.49. The molecule has 0 amide bonds. The Morgan fingerprint density at radius 3 is 1.42 bits per heavy atom. The molecule has 0 spiro atoms. The van der Waals surface area contributed by atoms with Crippen LogP contribution in [-0.4, -0.2) is 23.8 Å². The molecule has 0 fully saturated rings. The minimum Gasteiger partial charge on any atom is -0.427 e. The lowest BCUT2D eigenvalue weighted by atomic mass is 9.82. The topological polar surface area (TPSA) is 32.7 Å². The lowest BCUT2D eigenvalue weighted by Gasteiger charge is -2.37. The first-order valence-corrected chi connectivity index (χ1v) is 19.1. The summed E-state index contributed by atoms with van der Waals surface area (Å²) in [7, 11) is 1.72. The molecule has 1 aliphatic carbocycles. The second kappa shape index (κ2) is 14.2. The van der Waals surface area contributed by atoms with E-state index in [4.69, 9.17) is 4.65 Å². The van der Waals surface area contributed by atoms with Crippen LogP contribution in [0.1, 0.15) is 52.7 Å². The highest BCUT2D eigenvalue weighted by Crippen LogP contribution is 2.50. The molecule has 1 aliphatic rings. The molecular weight excluding hydrogens is 669 g/mol. The predicted molar refractivity (Wildman–Crippen MR) is 232 cm³/mol. The van der Waals surface area contributed by atoms with Gasteiger partial charge in [-0.1, -0.05) is 153 Å². The molecule has 1 radical (unpaired) electrons. The number of benzene rings is 7. The van der Waals surface area contributed by atoms with Gasteiger partial charge in [-0.05, 0) is 120 Å². The van der Waals surface area contributed by atoms with Crippen LogP contribution in [0.3, 0.4) is 0 Å². The van der Waals surface area contributed by atoms with Crippen molar-refractivity contribution >= 4 is 30.0 Å². The summed E-state index contributed by atoms with van der Waals surface area (Å²) in [4.78, 5) is 2.37. The van der Waals surface area contributed by atoms with Gasteiger partial charge in [-0.15, -0.1) is 0 Å². The van der Waals surface area contributed by atoms with Crippen molar-refractivity contribution < 1.29 is 9.76 Å². The van der Waals surface area contributed by atoms with Crippen molar-refractivity contribution in [2.75, 3.05) is 4.90 Å². The molecular formula is C51H47BNO2. The standard InChI is InChI=1S/C51H47BNO2/c1-49(2)47-15-11-10-14-45(47)46-33-32-44(34-48(46)49)53(42-28-22-39(23-29-42)35-12-8-7-9-13-35)43-30-24-40(25-31-43)37-18-16-36(17-19-37)38-20-26-41(27-21-38)52-55-51(5,6)50(3,4)54/h7-34,54H,1-6H3. The molecule has 0 atom stereocenters. The van der Waals surface area contributed by atoms with Crippen molar-refractivity contribution in [1.29, 1.82) is 0 Å². The van der Waals surface area contributed by atoms with E-state index < -0.39 is 11.2 Å². The summed E-state index contributed by atoms with van der Waals surface area (Å²) in [6, 6.07) is 61.2. The molecule has 8 rings (SSSR count). The van der Waals surface area contributed by atoms with Crippen molar-refractivity contribution in [3.05, 3.63) is 181 Å². The second-order valence-electron chi connectivity index (χ2n) is 16.2. The largest absolute Gasteiger partial charge is 0.427 e. The first-order valence-electron chi connectivity index (χ1n) is 19.1. The van der Waals surface area contributed by atoms with Crippen molar-refractivity contribution in [3.8, 4) is 44.5 Å². The molecule has 3 nitrogen and oxygen atoms in total. The molecule has 271 valence electrons. The van der Waals surface area contributed by atoms with Gasteiger partial charge in [0.1, 0.15) is 0 Å². The molecule has 0 bridgehead atoms. The summed E-state index contributed by atoms with van der Waals surface area (Å²) in [6.07, 6.45) is 0. The van der Waals surface area contributed by atoms with Crippen LogP contribution in [0.4, 0.5) is 17.1 Å². The Kier molecular flexibility index (Phi) is 9.37. The van der Waals surface area contributed by atoms with Crippen molar-refractivity contribution in [2.24, 2.45) is 0 Å². The summed E-state index contributed by atoms with van der Waals surface area (Å²) in [6.45, 7) is 12.0. The first kappa shape index (κ1) is 36.3. The van der Waals surface area contributed by atoms with Crippen LogP contribution in [0.25, 0.3) is 44.5 Å². The summed E-state index contributed by atoms with van der Waals surface area (Å²) < 4.78 is 5.94. The van der Waals surface area contributed by atoms with E-state index in [9.17, 15) is 5.11 Å². The quantitative estimate of drug-likeness (QED) is 0.143. The fourth-order valence-corrected chi connectivity index (χ4v) is 7.48. The lowest BCUT2D eigenvalue weighted by molar-refractivity contribution is -0.0893.